The van der Waals surface area contributed by atoms with Gasteiger partial charge in [0.25, 0.3) is 0 Å². The summed E-state index contributed by atoms with van der Waals surface area (Å²) in [5.41, 5.74) is 0.313. The molecule has 2 heterocycles. The van der Waals surface area contributed by atoms with Gasteiger partial charge >= 0.3 is 0 Å². The van der Waals surface area contributed by atoms with Crippen molar-refractivity contribution in [1.29, 1.82) is 0 Å². The molecule has 0 radical (unpaired) electrons. The molecule has 0 bridgehead atoms. The summed E-state index contributed by atoms with van der Waals surface area (Å²) >= 11 is 0. The van der Waals surface area contributed by atoms with Crippen LogP contribution in [0.4, 0.5) is 0 Å². The van der Waals surface area contributed by atoms with Crippen LogP contribution in [0.5, 0.6) is 0 Å². The lowest BCUT2D eigenvalue weighted by Gasteiger charge is -2.51. The van der Waals surface area contributed by atoms with Crippen molar-refractivity contribution in [3.05, 3.63) is 0 Å². The highest BCUT2D eigenvalue weighted by Gasteiger charge is 2.39. The molecule has 0 saturated carbocycles. The lowest BCUT2D eigenvalue weighted by atomic mass is 9.87. The van der Waals surface area contributed by atoms with E-state index in [1.165, 1.54) is 39.1 Å². The molecule has 0 aromatic carbocycles. The molecule has 112 valence electrons. The van der Waals surface area contributed by atoms with E-state index < -0.39 is 0 Å². The van der Waals surface area contributed by atoms with Crippen LogP contribution in [0.3, 0.4) is 0 Å². The summed E-state index contributed by atoms with van der Waals surface area (Å²) in [5, 5.41) is 0. The SMILES string of the molecule is C[C@H]1CN(C)C(CC2(C)CN(C)CCN2C)CN1C. The van der Waals surface area contributed by atoms with Crippen molar-refractivity contribution in [3.8, 4) is 0 Å². The topological polar surface area (TPSA) is 13.0 Å². The predicted octanol–water partition coefficient (Wildman–Crippen LogP) is 0.647. The third-order valence-electron chi connectivity index (χ3n) is 5.45. The first kappa shape index (κ1) is 15.2. The number of hydrogen-bond donors (Lipinski definition) is 0. The summed E-state index contributed by atoms with van der Waals surface area (Å²) < 4.78 is 0. The van der Waals surface area contributed by atoms with Crippen molar-refractivity contribution in [1.82, 2.24) is 19.6 Å². The Labute approximate surface area is 119 Å². The van der Waals surface area contributed by atoms with E-state index in [-0.39, 0.29) is 0 Å². The molecule has 0 aromatic heterocycles. The van der Waals surface area contributed by atoms with Gasteiger partial charge in [0.2, 0.25) is 0 Å². The van der Waals surface area contributed by atoms with E-state index >= 15 is 0 Å². The first-order valence-corrected chi connectivity index (χ1v) is 7.62. The smallest absolute Gasteiger partial charge is 0.0321 e. The Hall–Kier alpha value is -0.160. The molecule has 2 aliphatic rings. The fourth-order valence-electron chi connectivity index (χ4n) is 3.68. The Kier molecular flexibility index (Phi) is 4.56. The van der Waals surface area contributed by atoms with Crippen LogP contribution in [0.25, 0.3) is 0 Å². The first-order chi connectivity index (χ1) is 8.82. The van der Waals surface area contributed by atoms with Crippen LogP contribution in [-0.2, 0) is 0 Å². The molecule has 0 aromatic rings. The minimum Gasteiger partial charge on any atom is -0.303 e. The molecule has 3 atom stereocenters. The van der Waals surface area contributed by atoms with Gasteiger partial charge in [-0.2, -0.15) is 0 Å². The molecule has 2 rings (SSSR count). The second kappa shape index (κ2) is 5.68. The van der Waals surface area contributed by atoms with Crippen LogP contribution in [0.2, 0.25) is 0 Å². The molecule has 2 saturated heterocycles. The minimum atomic E-state index is 0.313. The molecule has 2 unspecified atom stereocenters. The summed E-state index contributed by atoms with van der Waals surface area (Å²) in [5.74, 6) is 0. The van der Waals surface area contributed by atoms with Gasteiger partial charge in [-0.15, -0.1) is 0 Å². The average molecular weight is 268 g/mol. The number of nitrogens with zero attached hydrogens (tertiary/aromatic N) is 4. The minimum absolute atomic E-state index is 0.313. The standard InChI is InChI=1S/C15H32N4/c1-13-10-18(5)14(11-17(13)4)9-15(2)12-16(3)7-8-19(15)6/h13-14H,7-12H2,1-6H3/t13-,14?,15?/m0/s1. The van der Waals surface area contributed by atoms with E-state index in [4.69, 9.17) is 0 Å². The average Bonchev–Trinajstić information content (AvgIpc) is 2.31. The highest BCUT2D eigenvalue weighted by atomic mass is 15.3. The van der Waals surface area contributed by atoms with Gasteiger partial charge in [-0.3, -0.25) is 4.90 Å². The molecule has 4 nitrogen and oxygen atoms in total. The molecule has 0 N–H and O–H groups in total. The largest absolute Gasteiger partial charge is 0.303 e. The van der Waals surface area contributed by atoms with E-state index in [1.807, 2.05) is 0 Å². The maximum Gasteiger partial charge on any atom is 0.0321 e. The lowest BCUT2D eigenvalue weighted by molar-refractivity contribution is -0.00939. The zero-order chi connectivity index (χ0) is 14.2. The Bertz CT molecular complexity index is 309. The van der Waals surface area contributed by atoms with Crippen LogP contribution in [0.15, 0.2) is 0 Å². The van der Waals surface area contributed by atoms with Gasteiger partial charge in [-0.05, 0) is 48.5 Å². The van der Waals surface area contributed by atoms with E-state index in [0.29, 0.717) is 17.6 Å². The number of piperazine rings is 2. The monoisotopic (exact) mass is 268 g/mol. The highest BCUT2D eigenvalue weighted by Crippen LogP contribution is 2.28. The normalized spacial score (nSPS) is 40.7. The number of likely N-dealkylation sites (N-methyl/N-ethyl adjacent to an activating group) is 4. The Morgan fingerprint density at radius 2 is 1.68 bits per heavy atom. The van der Waals surface area contributed by atoms with E-state index in [1.54, 1.807) is 0 Å². The zero-order valence-corrected chi connectivity index (χ0v) is 13.7. The maximum absolute atomic E-state index is 2.57. The Morgan fingerprint density at radius 1 is 1.00 bits per heavy atom. The van der Waals surface area contributed by atoms with Gasteiger partial charge in [0.15, 0.2) is 0 Å². The third-order valence-corrected chi connectivity index (χ3v) is 5.45. The molecule has 0 aliphatic carbocycles. The lowest BCUT2D eigenvalue weighted by Crippen LogP contribution is -2.63. The summed E-state index contributed by atoms with van der Waals surface area (Å²) in [4.78, 5) is 10.1. The second-order valence-corrected chi connectivity index (χ2v) is 7.24. The molecular formula is C15H32N4. The van der Waals surface area contributed by atoms with Gasteiger partial charge in [0, 0.05) is 50.3 Å². The van der Waals surface area contributed by atoms with E-state index in [9.17, 15) is 0 Å². The molecule has 19 heavy (non-hydrogen) atoms. The molecule has 2 aliphatic heterocycles. The molecule has 0 spiro atoms. The van der Waals surface area contributed by atoms with Crippen LogP contribution in [0.1, 0.15) is 20.3 Å². The van der Waals surface area contributed by atoms with Crippen LogP contribution in [0, 0.1) is 0 Å². The summed E-state index contributed by atoms with van der Waals surface area (Å²) in [6, 6.07) is 1.36. The molecule has 4 heteroatoms. The summed E-state index contributed by atoms with van der Waals surface area (Å²) in [7, 11) is 9.11. The van der Waals surface area contributed by atoms with Crippen molar-refractivity contribution in [2.45, 2.75) is 37.9 Å². The molecule has 0 amide bonds. The zero-order valence-electron chi connectivity index (χ0n) is 13.7. The van der Waals surface area contributed by atoms with Crippen LogP contribution in [-0.4, -0.2) is 98.1 Å². The van der Waals surface area contributed by atoms with Gasteiger partial charge in [0.1, 0.15) is 0 Å². The van der Waals surface area contributed by atoms with E-state index in [0.717, 1.165) is 0 Å². The predicted molar refractivity (Wildman–Crippen MR) is 81.7 cm³/mol. The van der Waals surface area contributed by atoms with Crippen molar-refractivity contribution >= 4 is 0 Å². The van der Waals surface area contributed by atoms with Gasteiger partial charge < -0.3 is 14.7 Å². The fraction of sp³-hybridized carbons (Fsp3) is 1.00. The number of rotatable bonds is 2. The van der Waals surface area contributed by atoms with Crippen molar-refractivity contribution in [3.63, 3.8) is 0 Å². The van der Waals surface area contributed by atoms with Crippen molar-refractivity contribution in [2.24, 2.45) is 0 Å². The quantitative estimate of drug-likeness (QED) is 0.729. The number of hydrogen-bond acceptors (Lipinski definition) is 4. The van der Waals surface area contributed by atoms with Crippen LogP contribution >= 0.6 is 0 Å². The fourth-order valence-corrected chi connectivity index (χ4v) is 3.68. The van der Waals surface area contributed by atoms with Crippen LogP contribution < -0.4 is 0 Å². The van der Waals surface area contributed by atoms with Gasteiger partial charge in [-0.25, -0.2) is 0 Å². The Balaban J connectivity index is 2.02. The summed E-state index contributed by atoms with van der Waals surface area (Å²) in [6.45, 7) is 10.7. The molecular weight excluding hydrogens is 236 g/mol. The van der Waals surface area contributed by atoms with Crippen molar-refractivity contribution < 1.29 is 0 Å². The first-order valence-electron chi connectivity index (χ1n) is 7.62. The second-order valence-electron chi connectivity index (χ2n) is 7.24. The third kappa shape index (κ3) is 3.30. The van der Waals surface area contributed by atoms with Gasteiger partial charge in [-0.1, -0.05) is 0 Å². The Morgan fingerprint density at radius 3 is 2.37 bits per heavy atom. The van der Waals surface area contributed by atoms with Crippen molar-refractivity contribution in [2.75, 3.05) is 60.9 Å². The maximum atomic E-state index is 2.57. The van der Waals surface area contributed by atoms with E-state index in [2.05, 4.69) is 61.6 Å². The van der Waals surface area contributed by atoms with Gasteiger partial charge in [0.05, 0.1) is 0 Å². The highest BCUT2D eigenvalue weighted by molar-refractivity contribution is 4.97. The summed E-state index contributed by atoms with van der Waals surface area (Å²) in [6.07, 6.45) is 1.27. The molecule has 2 fully saturated rings.